The monoisotopic (exact) mass is 476 g/mol. The van der Waals surface area contributed by atoms with Crippen molar-refractivity contribution in [1.82, 2.24) is 10.3 Å². The summed E-state index contributed by atoms with van der Waals surface area (Å²) >= 11 is 5.79. The van der Waals surface area contributed by atoms with E-state index in [4.69, 9.17) is 11.6 Å². The first-order chi connectivity index (χ1) is 14.5. The van der Waals surface area contributed by atoms with Crippen LogP contribution in [0.5, 0.6) is 5.75 Å². The lowest BCUT2D eigenvalue weighted by molar-refractivity contribution is -0.275. The van der Waals surface area contributed by atoms with Crippen LogP contribution in [0.4, 0.5) is 13.2 Å². The smallest absolute Gasteiger partial charge is 0.404 e. The summed E-state index contributed by atoms with van der Waals surface area (Å²) in [5.74, 6) is -1.93. The maximum Gasteiger partial charge on any atom is 0.573 e. The summed E-state index contributed by atoms with van der Waals surface area (Å²) < 4.78 is 67.5. The number of ether oxygens (including phenoxy) is 1. The highest BCUT2D eigenvalue weighted by atomic mass is 35.5. The molecule has 3 rings (SSSR count). The highest BCUT2D eigenvalue weighted by molar-refractivity contribution is 7.90. The Kier molecular flexibility index (Phi) is 7.10. The molecule has 0 radical (unpaired) electrons. The molecule has 0 saturated heterocycles. The van der Waals surface area contributed by atoms with Gasteiger partial charge in [-0.05, 0) is 42.7 Å². The molecule has 1 aliphatic carbocycles. The third kappa shape index (κ3) is 6.57. The van der Waals surface area contributed by atoms with Crippen molar-refractivity contribution in [2.45, 2.75) is 55.2 Å². The molecule has 0 aliphatic heterocycles. The van der Waals surface area contributed by atoms with E-state index >= 15 is 0 Å². The number of aromatic nitrogens is 1. The summed E-state index contributed by atoms with van der Waals surface area (Å²) in [7, 11) is -4.29. The van der Waals surface area contributed by atoms with Gasteiger partial charge in [0.05, 0.1) is 11.3 Å². The predicted molar refractivity (Wildman–Crippen MR) is 108 cm³/mol. The number of amides is 1. The second-order valence-corrected chi connectivity index (χ2v) is 9.68. The molecule has 1 N–H and O–H groups in total. The van der Waals surface area contributed by atoms with Gasteiger partial charge in [0.25, 0.3) is 5.91 Å². The number of benzene rings is 1. The van der Waals surface area contributed by atoms with E-state index in [0.717, 1.165) is 50.3 Å². The quantitative estimate of drug-likeness (QED) is 0.654. The van der Waals surface area contributed by atoms with E-state index in [0.29, 0.717) is 0 Å². The van der Waals surface area contributed by atoms with E-state index < -0.39 is 32.6 Å². The number of nitrogens with zero attached hydrogens (tertiary/aromatic N) is 1. The van der Waals surface area contributed by atoms with Gasteiger partial charge in [0.15, 0.2) is 9.84 Å². The van der Waals surface area contributed by atoms with Crippen LogP contribution in [0.3, 0.4) is 0 Å². The van der Waals surface area contributed by atoms with Crippen molar-refractivity contribution < 1.29 is 31.1 Å². The molecule has 168 valence electrons. The fourth-order valence-corrected chi connectivity index (χ4v) is 5.15. The largest absolute Gasteiger partial charge is 0.573 e. The van der Waals surface area contributed by atoms with Gasteiger partial charge in [-0.25, -0.2) is 8.42 Å². The molecule has 1 fully saturated rings. The number of alkyl halides is 3. The van der Waals surface area contributed by atoms with E-state index in [9.17, 15) is 26.4 Å². The van der Waals surface area contributed by atoms with Gasteiger partial charge >= 0.3 is 6.36 Å². The van der Waals surface area contributed by atoms with Crippen molar-refractivity contribution in [1.29, 1.82) is 0 Å². The Bertz CT molecular complexity index is 1050. The Morgan fingerprint density at radius 1 is 1.16 bits per heavy atom. The number of hydrogen-bond acceptors (Lipinski definition) is 5. The zero-order valence-electron chi connectivity index (χ0n) is 16.3. The van der Waals surface area contributed by atoms with E-state index in [1.165, 1.54) is 18.5 Å². The number of carbonyl (C=O) groups excluding carboxylic acids is 1. The zero-order chi connectivity index (χ0) is 22.6. The molecule has 0 spiro atoms. The molecule has 11 heteroatoms. The van der Waals surface area contributed by atoms with Crippen molar-refractivity contribution in [3.63, 3.8) is 0 Å². The van der Waals surface area contributed by atoms with Crippen LogP contribution in [0.2, 0.25) is 5.02 Å². The Labute approximate surface area is 182 Å². The molecular formula is C20H20ClF3N2O4S. The summed E-state index contributed by atoms with van der Waals surface area (Å²) in [4.78, 5) is 15.7. The lowest BCUT2D eigenvalue weighted by Gasteiger charge is -2.22. The number of pyridine rings is 1. The molecule has 1 aromatic carbocycles. The molecule has 0 bridgehead atoms. The predicted octanol–water partition coefficient (Wildman–Crippen LogP) is 4.67. The SMILES string of the molecule is O=C(NC1CCCCC1)c1cncc(CS(=O)(=O)c2cc(Cl)ccc2OC(F)(F)F)c1. The van der Waals surface area contributed by atoms with Crippen LogP contribution in [0.1, 0.15) is 48.0 Å². The van der Waals surface area contributed by atoms with E-state index in [1.54, 1.807) is 0 Å². The van der Waals surface area contributed by atoms with Crippen molar-refractivity contribution in [2.75, 3.05) is 0 Å². The maximum atomic E-state index is 12.8. The highest BCUT2D eigenvalue weighted by Crippen LogP contribution is 2.33. The van der Waals surface area contributed by atoms with Crippen molar-refractivity contribution in [2.24, 2.45) is 0 Å². The number of halogens is 4. The van der Waals surface area contributed by atoms with Gasteiger partial charge < -0.3 is 10.1 Å². The van der Waals surface area contributed by atoms with Crippen LogP contribution >= 0.6 is 11.6 Å². The number of hydrogen-bond donors (Lipinski definition) is 1. The minimum absolute atomic E-state index is 0.0576. The van der Waals surface area contributed by atoms with Crippen LogP contribution in [-0.4, -0.2) is 31.7 Å². The molecule has 0 unspecified atom stereocenters. The molecule has 2 aromatic rings. The highest BCUT2D eigenvalue weighted by Gasteiger charge is 2.34. The van der Waals surface area contributed by atoms with Gasteiger partial charge in [0, 0.05) is 23.5 Å². The standard InChI is InChI=1S/C20H20ClF3N2O4S/c21-15-6-7-17(30-20(22,23)24)18(9-15)31(28,29)12-13-8-14(11-25-10-13)19(27)26-16-4-2-1-3-5-16/h6-11,16H,1-5,12H2,(H,26,27). The van der Waals surface area contributed by atoms with Gasteiger partial charge in [-0.3, -0.25) is 9.78 Å². The molecule has 1 heterocycles. The summed E-state index contributed by atoms with van der Waals surface area (Å²) in [6.45, 7) is 0. The fourth-order valence-electron chi connectivity index (χ4n) is 3.44. The summed E-state index contributed by atoms with van der Waals surface area (Å²) in [5, 5.41) is 2.85. The van der Waals surface area contributed by atoms with Crippen molar-refractivity contribution >= 4 is 27.3 Å². The number of sulfone groups is 1. The molecule has 31 heavy (non-hydrogen) atoms. The topological polar surface area (TPSA) is 85.4 Å². The molecule has 6 nitrogen and oxygen atoms in total. The van der Waals surface area contributed by atoms with Crippen LogP contribution < -0.4 is 10.1 Å². The summed E-state index contributed by atoms with van der Waals surface area (Å²) in [5.41, 5.74) is 0.324. The van der Waals surface area contributed by atoms with Crippen molar-refractivity contribution in [3.05, 3.63) is 52.8 Å². The number of rotatable bonds is 6. The molecule has 1 aliphatic rings. The second-order valence-electron chi connectivity index (χ2n) is 7.29. The minimum atomic E-state index is -5.07. The van der Waals surface area contributed by atoms with Gasteiger partial charge in [-0.1, -0.05) is 30.9 Å². The Balaban J connectivity index is 1.81. The number of carbonyl (C=O) groups is 1. The molecule has 0 atom stereocenters. The zero-order valence-corrected chi connectivity index (χ0v) is 17.9. The van der Waals surface area contributed by atoms with Gasteiger partial charge in [0.1, 0.15) is 10.6 Å². The normalized spacial score (nSPS) is 15.5. The average Bonchev–Trinajstić information content (AvgIpc) is 2.69. The van der Waals surface area contributed by atoms with Crippen LogP contribution in [0.25, 0.3) is 0 Å². The third-order valence-corrected chi connectivity index (χ3v) is 6.76. The van der Waals surface area contributed by atoms with Crippen LogP contribution in [0.15, 0.2) is 41.6 Å². The molecule has 1 amide bonds. The first-order valence-corrected chi connectivity index (χ1v) is 11.6. The first kappa shape index (κ1) is 23.3. The average molecular weight is 477 g/mol. The van der Waals surface area contributed by atoms with Crippen LogP contribution in [0, 0.1) is 0 Å². The summed E-state index contributed by atoms with van der Waals surface area (Å²) in [6, 6.07) is 4.25. The minimum Gasteiger partial charge on any atom is -0.404 e. The summed E-state index contributed by atoms with van der Waals surface area (Å²) in [6.07, 6.45) is 2.43. The first-order valence-electron chi connectivity index (χ1n) is 9.56. The molecule has 1 saturated carbocycles. The van der Waals surface area contributed by atoms with E-state index in [-0.39, 0.29) is 28.1 Å². The maximum absolute atomic E-state index is 12.8. The molecule has 1 aromatic heterocycles. The lowest BCUT2D eigenvalue weighted by atomic mass is 9.95. The van der Waals surface area contributed by atoms with Gasteiger partial charge in [0.2, 0.25) is 0 Å². The number of nitrogens with one attached hydrogen (secondary N) is 1. The molecular weight excluding hydrogens is 457 g/mol. The Morgan fingerprint density at radius 3 is 2.55 bits per heavy atom. The van der Waals surface area contributed by atoms with E-state index in [2.05, 4.69) is 15.0 Å². The van der Waals surface area contributed by atoms with Crippen molar-refractivity contribution in [3.8, 4) is 5.75 Å². The van der Waals surface area contributed by atoms with E-state index in [1.807, 2.05) is 0 Å². The Morgan fingerprint density at radius 2 is 1.87 bits per heavy atom. The Hall–Kier alpha value is -2.33. The fraction of sp³-hybridized carbons (Fsp3) is 0.400. The lowest BCUT2D eigenvalue weighted by Crippen LogP contribution is -2.36. The second kappa shape index (κ2) is 9.44. The van der Waals surface area contributed by atoms with Gasteiger partial charge in [-0.15, -0.1) is 13.2 Å². The van der Waals surface area contributed by atoms with Gasteiger partial charge in [-0.2, -0.15) is 0 Å². The third-order valence-electron chi connectivity index (χ3n) is 4.82. The van der Waals surface area contributed by atoms with Crippen LogP contribution in [-0.2, 0) is 15.6 Å².